The Morgan fingerprint density at radius 2 is 1.91 bits per heavy atom. The highest BCUT2D eigenvalue weighted by molar-refractivity contribution is 7.41. The van der Waals surface area contributed by atoms with Crippen LogP contribution in [0.3, 0.4) is 0 Å². The fourth-order valence-corrected chi connectivity index (χ4v) is 4.85. The first-order chi connectivity index (χ1) is 10.5. The Morgan fingerprint density at radius 3 is 2.61 bits per heavy atom. The smallest absolute Gasteiger partial charge is 0.304 e. The van der Waals surface area contributed by atoms with E-state index < -0.39 is 10.7 Å². The molecule has 1 atom stereocenters. The van der Waals surface area contributed by atoms with Crippen LogP contribution in [0.1, 0.15) is 10.4 Å². The van der Waals surface area contributed by atoms with Gasteiger partial charge >= 0.3 is 5.56 Å². The van der Waals surface area contributed by atoms with Gasteiger partial charge in [0.25, 0.3) is 5.91 Å². The van der Waals surface area contributed by atoms with Crippen LogP contribution in [0.15, 0.2) is 47.3 Å². The fraction of sp³-hybridized carbons (Fsp3) is 0.125. The van der Waals surface area contributed by atoms with Gasteiger partial charge in [-0.25, -0.2) is 0 Å². The predicted molar refractivity (Wildman–Crippen MR) is 91.4 cm³/mol. The summed E-state index contributed by atoms with van der Waals surface area (Å²) in [4.78, 5) is 25.4. The van der Waals surface area contributed by atoms with Gasteiger partial charge in [0.05, 0.1) is 7.05 Å². The Kier molecular flexibility index (Phi) is 5.14. The molecule has 4 nitrogen and oxygen atoms in total. The molecule has 0 bridgehead atoms. The molecule has 120 valence electrons. The lowest BCUT2D eigenvalue weighted by Gasteiger charge is -2.03. The molecule has 0 aliphatic rings. The molecular formula is C16H14Cl2N2O2S. The van der Waals surface area contributed by atoms with Crippen LogP contribution < -0.4 is 23.3 Å². The summed E-state index contributed by atoms with van der Waals surface area (Å²) in [5.41, 5.74) is 0.464. The van der Waals surface area contributed by atoms with E-state index in [2.05, 4.69) is 5.32 Å². The zero-order valence-corrected chi connectivity index (χ0v) is 14.8. The van der Waals surface area contributed by atoms with Gasteiger partial charge in [0.15, 0.2) is 0 Å². The Balaban J connectivity index is 0.00000192. The summed E-state index contributed by atoms with van der Waals surface area (Å²) in [6.45, 7) is 0. The molecule has 3 rings (SSSR count). The molecule has 0 saturated heterocycles. The molecule has 7 heteroatoms. The number of carbonyl (C=O) groups is 1. The number of hydrogen-bond donors (Lipinski definition) is 1. The fourth-order valence-electron chi connectivity index (χ4n) is 2.46. The molecule has 1 N–H and O–H groups in total. The number of hydrogen-bond acceptors (Lipinski definition) is 2. The van der Waals surface area contributed by atoms with E-state index in [4.69, 9.17) is 11.6 Å². The van der Waals surface area contributed by atoms with Crippen molar-refractivity contribution in [2.45, 2.75) is 0 Å². The molecule has 0 radical (unpaired) electrons. The Bertz CT molecular complexity index is 947. The van der Waals surface area contributed by atoms with Crippen molar-refractivity contribution in [2.24, 2.45) is 7.05 Å². The van der Waals surface area contributed by atoms with Gasteiger partial charge < -0.3 is 17.7 Å². The summed E-state index contributed by atoms with van der Waals surface area (Å²) >= 11 is 6.03. The highest BCUT2D eigenvalue weighted by Gasteiger charge is 2.28. The van der Waals surface area contributed by atoms with Crippen molar-refractivity contribution < 1.29 is 17.2 Å². The molecule has 2 aromatic carbocycles. The van der Waals surface area contributed by atoms with Gasteiger partial charge in [0.2, 0.25) is 9.60 Å². The molecule has 0 spiro atoms. The summed E-state index contributed by atoms with van der Waals surface area (Å²) in [6.07, 6.45) is 0. The Morgan fingerprint density at radius 1 is 1.22 bits per heavy atom. The van der Waals surface area contributed by atoms with E-state index in [-0.39, 0.29) is 23.9 Å². The number of nitrogens with one attached hydrogen (secondary N) is 1. The molecule has 3 aromatic rings. The minimum Gasteiger partial charge on any atom is -1.00 e. The van der Waals surface area contributed by atoms with E-state index >= 15 is 0 Å². The predicted octanol–water partition coefficient (Wildman–Crippen LogP) is 0.294. The lowest BCUT2D eigenvalue weighted by atomic mass is 10.2. The monoisotopic (exact) mass is 368 g/mol. The summed E-state index contributed by atoms with van der Waals surface area (Å²) in [7, 11) is 2.72. The maximum absolute atomic E-state index is 12.4. The Labute approximate surface area is 147 Å². The van der Waals surface area contributed by atoms with E-state index in [0.717, 1.165) is 9.60 Å². The topological polar surface area (TPSA) is 51.1 Å². The van der Waals surface area contributed by atoms with Crippen LogP contribution in [0, 0.1) is 0 Å². The number of amides is 1. The van der Waals surface area contributed by atoms with Crippen LogP contribution in [-0.2, 0) is 7.05 Å². The van der Waals surface area contributed by atoms with Crippen molar-refractivity contribution in [1.29, 1.82) is 0 Å². The maximum atomic E-state index is 12.4. The first-order valence-corrected chi connectivity index (χ1v) is 8.23. The van der Waals surface area contributed by atoms with Gasteiger partial charge in [0.1, 0.15) is 21.6 Å². The minimum atomic E-state index is -0.618. The Hall–Kier alpha value is -1.82. The second-order valence-corrected chi connectivity index (χ2v) is 7.24. The van der Waals surface area contributed by atoms with Crippen LogP contribution in [0.2, 0.25) is 5.02 Å². The summed E-state index contributed by atoms with van der Waals surface area (Å²) < 4.78 is 2.61. The van der Waals surface area contributed by atoms with Gasteiger partial charge in [-0.1, -0.05) is 23.7 Å². The number of halogens is 2. The SMILES string of the molecule is CNC(=O)c1cc(Cl)ccc1-[s+]1c2ccccc2c(=O)n1C.[Cl-]. The highest BCUT2D eigenvalue weighted by atomic mass is 35.5. The van der Waals surface area contributed by atoms with E-state index in [1.54, 1.807) is 30.2 Å². The van der Waals surface area contributed by atoms with Gasteiger partial charge in [-0.05, 0) is 18.2 Å². The third kappa shape index (κ3) is 2.87. The summed E-state index contributed by atoms with van der Waals surface area (Å²) in [6, 6.07) is 12.7. The lowest BCUT2D eigenvalue weighted by molar-refractivity contribution is -0.0000125. The normalized spacial score (nSPS) is 11.2. The molecule has 0 aliphatic heterocycles. The number of aromatic nitrogens is 1. The first-order valence-electron chi connectivity index (χ1n) is 6.67. The molecule has 1 unspecified atom stereocenters. The molecule has 0 fully saturated rings. The standard InChI is InChI=1S/C16H13ClN2O2S.ClH/c1-18-15(20)12-9-10(17)7-8-14(12)22-13-6-4-3-5-11(13)16(21)19(22)2;/h3-9H,1-2H3;1H. The quantitative estimate of drug-likeness (QED) is 0.661. The lowest BCUT2D eigenvalue weighted by Crippen LogP contribution is -3.00. The van der Waals surface area contributed by atoms with Crippen molar-refractivity contribution in [3.63, 3.8) is 0 Å². The van der Waals surface area contributed by atoms with Crippen LogP contribution in [0.5, 0.6) is 0 Å². The average Bonchev–Trinajstić information content (AvgIpc) is 2.79. The van der Waals surface area contributed by atoms with E-state index in [1.807, 2.05) is 30.3 Å². The first kappa shape index (κ1) is 17.5. The van der Waals surface area contributed by atoms with Crippen molar-refractivity contribution in [2.75, 3.05) is 7.05 Å². The highest BCUT2D eigenvalue weighted by Crippen LogP contribution is 2.39. The number of benzene rings is 2. The van der Waals surface area contributed by atoms with Crippen molar-refractivity contribution in [3.8, 4) is 4.90 Å². The number of carbonyl (C=O) groups excluding carboxylic acids is 1. The summed E-state index contributed by atoms with van der Waals surface area (Å²) in [5, 5.41) is 3.80. The van der Waals surface area contributed by atoms with Crippen LogP contribution in [-0.4, -0.2) is 16.9 Å². The second-order valence-electron chi connectivity index (χ2n) is 4.80. The third-order valence-corrected chi connectivity index (χ3v) is 6.00. The molecule has 0 aliphatic carbocycles. The zero-order chi connectivity index (χ0) is 15.9. The number of fused-ring (bicyclic) bond motifs is 1. The molecule has 1 aromatic heterocycles. The zero-order valence-electron chi connectivity index (χ0n) is 12.5. The van der Waals surface area contributed by atoms with Crippen LogP contribution in [0.25, 0.3) is 15.0 Å². The van der Waals surface area contributed by atoms with Crippen molar-refractivity contribution in [3.05, 3.63) is 63.4 Å². The van der Waals surface area contributed by atoms with Crippen LogP contribution in [0.4, 0.5) is 0 Å². The molecule has 23 heavy (non-hydrogen) atoms. The maximum Gasteiger partial charge on any atom is 0.304 e. The van der Waals surface area contributed by atoms with Gasteiger partial charge in [0, 0.05) is 24.2 Å². The number of rotatable bonds is 2. The molecule has 0 saturated carbocycles. The van der Waals surface area contributed by atoms with E-state index in [9.17, 15) is 9.59 Å². The molecule has 1 amide bonds. The minimum absolute atomic E-state index is 0. The largest absolute Gasteiger partial charge is 1.00 e. The summed E-state index contributed by atoms with van der Waals surface area (Å²) in [5.74, 6) is -0.213. The van der Waals surface area contributed by atoms with Gasteiger partial charge in [-0.15, -0.1) is 3.96 Å². The third-order valence-electron chi connectivity index (χ3n) is 3.51. The van der Waals surface area contributed by atoms with Gasteiger partial charge in [-0.2, -0.15) is 0 Å². The molecular weight excluding hydrogens is 355 g/mol. The second kappa shape index (κ2) is 6.74. The average molecular weight is 369 g/mol. The van der Waals surface area contributed by atoms with E-state index in [1.165, 1.54) is 0 Å². The van der Waals surface area contributed by atoms with Gasteiger partial charge in [-0.3, -0.25) is 9.59 Å². The number of nitrogens with zero attached hydrogens (tertiary/aromatic N) is 1. The van der Waals surface area contributed by atoms with Crippen molar-refractivity contribution in [1.82, 2.24) is 9.27 Å². The van der Waals surface area contributed by atoms with Crippen LogP contribution >= 0.6 is 22.3 Å². The van der Waals surface area contributed by atoms with E-state index in [0.29, 0.717) is 16.0 Å². The molecule has 1 heterocycles. The van der Waals surface area contributed by atoms with Crippen molar-refractivity contribution >= 4 is 38.3 Å².